The first kappa shape index (κ1) is 16.5. The SMILES string of the molecule is Cc1nnc(-c2ccc(-c3cccc(C(=O)N4CCC(O)C4)c3)cc2)o1. The van der Waals surface area contributed by atoms with Crippen LogP contribution in [0, 0.1) is 6.92 Å². The Kier molecular flexibility index (Phi) is 4.26. The van der Waals surface area contributed by atoms with Gasteiger partial charge in [-0.3, -0.25) is 4.79 Å². The van der Waals surface area contributed by atoms with E-state index in [2.05, 4.69) is 10.2 Å². The fourth-order valence-corrected chi connectivity index (χ4v) is 3.16. The minimum absolute atomic E-state index is 0.0404. The van der Waals surface area contributed by atoms with Crippen molar-refractivity contribution < 1.29 is 14.3 Å². The third-order valence-electron chi connectivity index (χ3n) is 4.55. The van der Waals surface area contributed by atoms with Crippen LogP contribution in [0.25, 0.3) is 22.6 Å². The van der Waals surface area contributed by atoms with Gasteiger partial charge in [0, 0.05) is 31.1 Å². The lowest BCUT2D eigenvalue weighted by Crippen LogP contribution is -2.29. The second kappa shape index (κ2) is 6.72. The van der Waals surface area contributed by atoms with E-state index >= 15 is 0 Å². The monoisotopic (exact) mass is 349 g/mol. The maximum absolute atomic E-state index is 12.6. The highest BCUT2D eigenvalue weighted by Crippen LogP contribution is 2.25. The molecule has 0 aliphatic carbocycles. The van der Waals surface area contributed by atoms with E-state index in [0.717, 1.165) is 16.7 Å². The molecule has 1 aromatic heterocycles. The molecule has 1 atom stereocenters. The fourth-order valence-electron chi connectivity index (χ4n) is 3.16. The highest BCUT2D eigenvalue weighted by atomic mass is 16.4. The van der Waals surface area contributed by atoms with Crippen LogP contribution in [0.2, 0.25) is 0 Å². The molecule has 1 N–H and O–H groups in total. The van der Waals surface area contributed by atoms with E-state index in [4.69, 9.17) is 4.42 Å². The molecule has 1 amide bonds. The van der Waals surface area contributed by atoms with Gasteiger partial charge in [-0.1, -0.05) is 24.3 Å². The molecule has 0 radical (unpaired) electrons. The number of aliphatic hydroxyl groups is 1. The minimum Gasteiger partial charge on any atom is -0.421 e. The van der Waals surface area contributed by atoms with Gasteiger partial charge in [0.1, 0.15) is 0 Å². The normalized spacial score (nSPS) is 16.8. The highest BCUT2D eigenvalue weighted by molar-refractivity contribution is 5.95. The maximum atomic E-state index is 12.6. The van der Waals surface area contributed by atoms with E-state index < -0.39 is 6.10 Å². The van der Waals surface area contributed by atoms with E-state index in [1.165, 1.54) is 0 Å². The number of hydrogen-bond donors (Lipinski definition) is 1. The Morgan fingerprint density at radius 3 is 2.54 bits per heavy atom. The van der Waals surface area contributed by atoms with E-state index in [-0.39, 0.29) is 5.91 Å². The molecule has 0 bridgehead atoms. The van der Waals surface area contributed by atoms with Gasteiger partial charge < -0.3 is 14.4 Å². The maximum Gasteiger partial charge on any atom is 0.253 e. The molecule has 1 fully saturated rings. The molecule has 26 heavy (non-hydrogen) atoms. The number of aryl methyl sites for hydroxylation is 1. The first-order valence-corrected chi connectivity index (χ1v) is 8.58. The molecule has 4 rings (SSSR count). The van der Waals surface area contributed by atoms with Crippen molar-refractivity contribution in [3.8, 4) is 22.6 Å². The number of rotatable bonds is 3. The van der Waals surface area contributed by atoms with Crippen molar-refractivity contribution in [1.29, 1.82) is 0 Å². The molecule has 2 aromatic carbocycles. The number of aromatic nitrogens is 2. The molecule has 1 unspecified atom stereocenters. The van der Waals surface area contributed by atoms with Crippen molar-refractivity contribution >= 4 is 5.91 Å². The predicted octanol–water partition coefficient (Wildman–Crippen LogP) is 2.92. The summed E-state index contributed by atoms with van der Waals surface area (Å²) >= 11 is 0. The number of carbonyl (C=O) groups excluding carboxylic acids is 1. The Labute approximate surface area is 151 Å². The molecule has 0 saturated carbocycles. The van der Waals surface area contributed by atoms with Crippen molar-refractivity contribution in [1.82, 2.24) is 15.1 Å². The van der Waals surface area contributed by atoms with Gasteiger partial charge in [0.15, 0.2) is 0 Å². The summed E-state index contributed by atoms with van der Waals surface area (Å²) in [6, 6.07) is 15.3. The summed E-state index contributed by atoms with van der Waals surface area (Å²) in [7, 11) is 0. The molecule has 1 aliphatic heterocycles. The van der Waals surface area contributed by atoms with Gasteiger partial charge in [0.25, 0.3) is 5.91 Å². The number of benzene rings is 2. The van der Waals surface area contributed by atoms with Gasteiger partial charge in [-0.15, -0.1) is 10.2 Å². The van der Waals surface area contributed by atoms with Crippen molar-refractivity contribution in [3.05, 3.63) is 60.0 Å². The number of carbonyl (C=O) groups is 1. The van der Waals surface area contributed by atoms with Gasteiger partial charge in [-0.05, 0) is 41.8 Å². The number of aliphatic hydroxyl groups excluding tert-OH is 1. The fraction of sp³-hybridized carbons (Fsp3) is 0.250. The van der Waals surface area contributed by atoms with Gasteiger partial charge in [-0.2, -0.15) is 0 Å². The lowest BCUT2D eigenvalue weighted by molar-refractivity contribution is 0.0765. The quantitative estimate of drug-likeness (QED) is 0.786. The van der Waals surface area contributed by atoms with Gasteiger partial charge in [0.2, 0.25) is 11.8 Å². The van der Waals surface area contributed by atoms with Crippen molar-refractivity contribution in [3.63, 3.8) is 0 Å². The smallest absolute Gasteiger partial charge is 0.253 e. The van der Waals surface area contributed by atoms with Crippen LogP contribution in [0.5, 0.6) is 0 Å². The van der Waals surface area contributed by atoms with E-state index in [1.807, 2.05) is 48.5 Å². The largest absolute Gasteiger partial charge is 0.421 e. The average Bonchev–Trinajstić information content (AvgIpc) is 3.30. The van der Waals surface area contributed by atoms with E-state index in [1.54, 1.807) is 11.8 Å². The number of likely N-dealkylation sites (tertiary alicyclic amines) is 1. The Morgan fingerprint density at radius 1 is 1.12 bits per heavy atom. The zero-order valence-electron chi connectivity index (χ0n) is 14.4. The Bertz CT molecular complexity index is 933. The lowest BCUT2D eigenvalue weighted by Gasteiger charge is -2.16. The highest BCUT2D eigenvalue weighted by Gasteiger charge is 2.25. The Balaban J connectivity index is 1.57. The molecule has 1 aliphatic rings. The number of nitrogens with zero attached hydrogens (tertiary/aromatic N) is 3. The van der Waals surface area contributed by atoms with Crippen molar-refractivity contribution in [2.75, 3.05) is 13.1 Å². The minimum atomic E-state index is -0.414. The number of amides is 1. The summed E-state index contributed by atoms with van der Waals surface area (Å²) in [6.07, 6.45) is 0.227. The number of hydrogen-bond acceptors (Lipinski definition) is 5. The van der Waals surface area contributed by atoms with Crippen molar-refractivity contribution in [2.45, 2.75) is 19.4 Å². The van der Waals surface area contributed by atoms with E-state index in [9.17, 15) is 9.90 Å². The summed E-state index contributed by atoms with van der Waals surface area (Å²) in [5.74, 6) is 0.981. The summed E-state index contributed by atoms with van der Waals surface area (Å²) in [5, 5.41) is 17.5. The second-order valence-electron chi connectivity index (χ2n) is 6.48. The topological polar surface area (TPSA) is 79.5 Å². The Hall–Kier alpha value is -2.99. The summed E-state index contributed by atoms with van der Waals surface area (Å²) in [5.41, 5.74) is 3.45. The van der Waals surface area contributed by atoms with Crippen LogP contribution in [0.3, 0.4) is 0 Å². The third-order valence-corrected chi connectivity index (χ3v) is 4.55. The van der Waals surface area contributed by atoms with Crippen LogP contribution in [-0.2, 0) is 0 Å². The molecular weight excluding hydrogens is 330 g/mol. The molecule has 6 nitrogen and oxygen atoms in total. The summed E-state index contributed by atoms with van der Waals surface area (Å²) in [4.78, 5) is 14.3. The zero-order chi connectivity index (χ0) is 18.1. The van der Waals surface area contributed by atoms with Crippen LogP contribution in [0.1, 0.15) is 22.7 Å². The number of β-amino-alcohol motifs (C(OH)–C–C–N with tert-alkyl or cyclic N) is 1. The lowest BCUT2D eigenvalue weighted by atomic mass is 10.0. The molecule has 1 saturated heterocycles. The first-order chi connectivity index (χ1) is 12.6. The molecule has 132 valence electrons. The first-order valence-electron chi connectivity index (χ1n) is 8.58. The zero-order valence-corrected chi connectivity index (χ0v) is 14.4. The van der Waals surface area contributed by atoms with Crippen LogP contribution >= 0.6 is 0 Å². The standard InChI is InChI=1S/C20H19N3O3/c1-13-21-22-19(26-13)15-7-5-14(6-8-15)16-3-2-4-17(11-16)20(25)23-10-9-18(24)12-23/h2-8,11,18,24H,9-10,12H2,1H3. The predicted molar refractivity (Wildman–Crippen MR) is 96.4 cm³/mol. The van der Waals surface area contributed by atoms with E-state index in [0.29, 0.717) is 36.9 Å². The van der Waals surface area contributed by atoms with Gasteiger partial charge >= 0.3 is 0 Å². The second-order valence-corrected chi connectivity index (χ2v) is 6.48. The Morgan fingerprint density at radius 2 is 1.88 bits per heavy atom. The van der Waals surface area contributed by atoms with Crippen LogP contribution in [0.15, 0.2) is 52.9 Å². The molecule has 3 aromatic rings. The van der Waals surface area contributed by atoms with Crippen molar-refractivity contribution in [2.24, 2.45) is 0 Å². The van der Waals surface area contributed by atoms with Gasteiger partial charge in [0.05, 0.1) is 6.10 Å². The van der Waals surface area contributed by atoms with Crippen LogP contribution in [0.4, 0.5) is 0 Å². The molecule has 6 heteroatoms. The van der Waals surface area contributed by atoms with Crippen LogP contribution < -0.4 is 0 Å². The van der Waals surface area contributed by atoms with Crippen LogP contribution in [-0.4, -0.2) is 45.3 Å². The molecule has 2 heterocycles. The third kappa shape index (κ3) is 3.23. The summed E-state index contributed by atoms with van der Waals surface area (Å²) < 4.78 is 5.44. The van der Waals surface area contributed by atoms with Gasteiger partial charge in [-0.25, -0.2) is 0 Å². The summed E-state index contributed by atoms with van der Waals surface area (Å²) in [6.45, 7) is 2.76. The average molecular weight is 349 g/mol. The molecule has 0 spiro atoms. The molecular formula is C20H19N3O3.